The van der Waals surface area contributed by atoms with Gasteiger partial charge in [0.25, 0.3) is 0 Å². The Kier molecular flexibility index (Phi) is 7.23. The first-order valence-corrected chi connectivity index (χ1v) is 5.45. The van der Waals surface area contributed by atoms with Gasteiger partial charge in [-0.25, -0.2) is 0 Å². The minimum absolute atomic E-state index is 0.815. The summed E-state index contributed by atoms with van der Waals surface area (Å²) in [6.07, 6.45) is 8.91. The van der Waals surface area contributed by atoms with E-state index in [4.69, 9.17) is 0 Å². The van der Waals surface area contributed by atoms with Crippen LogP contribution in [0.25, 0.3) is 0 Å². The molecule has 0 aliphatic rings. The molecule has 0 saturated heterocycles. The van der Waals surface area contributed by atoms with E-state index in [1.54, 1.807) is 5.57 Å². The first-order chi connectivity index (χ1) is 5.76. The smallest absolute Gasteiger partial charge is 0.0232 e. The van der Waals surface area contributed by atoms with Crippen molar-refractivity contribution in [3.63, 3.8) is 0 Å². The summed E-state index contributed by atoms with van der Waals surface area (Å²) >= 11 is 0. The fourth-order valence-corrected chi connectivity index (χ4v) is 1.65. The molecule has 0 aromatic rings. The van der Waals surface area contributed by atoms with Gasteiger partial charge in [0, 0.05) is 0 Å². The van der Waals surface area contributed by atoms with Crippen molar-refractivity contribution in [3.05, 3.63) is 11.6 Å². The Morgan fingerprint density at radius 3 is 2.33 bits per heavy atom. The molecule has 0 spiro atoms. The van der Waals surface area contributed by atoms with Gasteiger partial charge in [0.2, 0.25) is 0 Å². The molecular formula is C12H24. The normalized spacial score (nSPS) is 14.8. The molecule has 1 atom stereocenters. The second kappa shape index (κ2) is 7.39. The van der Waals surface area contributed by atoms with Crippen LogP contribution in [0.3, 0.4) is 0 Å². The third-order valence-corrected chi connectivity index (χ3v) is 2.50. The average Bonchev–Trinajstić information content (AvgIpc) is 2.10. The standard InChI is InChI=1S/C12H24/c1-5-8-10-11(4)12(7-3)9-6-2/h9,11H,5-8,10H2,1-4H3. The third kappa shape index (κ3) is 4.58. The van der Waals surface area contributed by atoms with Crippen LogP contribution in [0.15, 0.2) is 11.6 Å². The molecular weight excluding hydrogens is 144 g/mol. The highest BCUT2D eigenvalue weighted by Gasteiger charge is 2.04. The SMILES string of the molecule is CCC=C(CC)C(C)CCCC. The van der Waals surface area contributed by atoms with E-state index in [-0.39, 0.29) is 0 Å². The summed E-state index contributed by atoms with van der Waals surface area (Å²) in [5, 5.41) is 0. The zero-order chi connectivity index (χ0) is 9.40. The van der Waals surface area contributed by atoms with Crippen molar-refractivity contribution >= 4 is 0 Å². The second-order valence-corrected chi connectivity index (χ2v) is 3.58. The lowest BCUT2D eigenvalue weighted by atomic mass is 9.93. The largest absolute Gasteiger partial charge is 0.0853 e. The maximum atomic E-state index is 2.40. The summed E-state index contributed by atoms with van der Waals surface area (Å²) < 4.78 is 0. The van der Waals surface area contributed by atoms with E-state index in [9.17, 15) is 0 Å². The van der Waals surface area contributed by atoms with E-state index in [0.717, 1.165) is 5.92 Å². The highest BCUT2D eigenvalue weighted by atomic mass is 14.1. The topological polar surface area (TPSA) is 0 Å². The predicted octanol–water partition coefficient (Wildman–Crippen LogP) is 4.56. The molecule has 0 heteroatoms. The van der Waals surface area contributed by atoms with E-state index < -0.39 is 0 Å². The molecule has 0 aliphatic heterocycles. The van der Waals surface area contributed by atoms with E-state index in [1.165, 1.54) is 32.1 Å². The molecule has 0 aliphatic carbocycles. The molecule has 0 bridgehead atoms. The Morgan fingerprint density at radius 1 is 1.25 bits per heavy atom. The van der Waals surface area contributed by atoms with Crippen LogP contribution in [0.4, 0.5) is 0 Å². The first-order valence-electron chi connectivity index (χ1n) is 5.45. The van der Waals surface area contributed by atoms with Crippen molar-refractivity contribution in [3.8, 4) is 0 Å². The zero-order valence-corrected chi connectivity index (χ0v) is 9.19. The molecule has 0 N–H and O–H groups in total. The lowest BCUT2D eigenvalue weighted by Gasteiger charge is -2.13. The van der Waals surface area contributed by atoms with Crippen molar-refractivity contribution in [1.82, 2.24) is 0 Å². The van der Waals surface area contributed by atoms with Crippen molar-refractivity contribution in [2.75, 3.05) is 0 Å². The minimum Gasteiger partial charge on any atom is -0.0853 e. The molecule has 0 saturated carbocycles. The molecule has 0 nitrogen and oxygen atoms in total. The Bertz CT molecular complexity index is 122. The van der Waals surface area contributed by atoms with Crippen LogP contribution < -0.4 is 0 Å². The maximum absolute atomic E-state index is 2.40. The highest BCUT2D eigenvalue weighted by molar-refractivity contribution is 5.04. The molecule has 72 valence electrons. The van der Waals surface area contributed by atoms with Gasteiger partial charge in [0.05, 0.1) is 0 Å². The Labute approximate surface area is 78.1 Å². The molecule has 12 heavy (non-hydrogen) atoms. The van der Waals surface area contributed by atoms with Crippen LogP contribution in [0.5, 0.6) is 0 Å². The fourth-order valence-electron chi connectivity index (χ4n) is 1.65. The van der Waals surface area contributed by atoms with Gasteiger partial charge in [-0.3, -0.25) is 0 Å². The molecule has 1 unspecified atom stereocenters. The van der Waals surface area contributed by atoms with Gasteiger partial charge in [-0.2, -0.15) is 0 Å². The number of unbranched alkanes of at least 4 members (excludes halogenated alkanes) is 1. The van der Waals surface area contributed by atoms with Gasteiger partial charge < -0.3 is 0 Å². The van der Waals surface area contributed by atoms with Crippen LogP contribution in [-0.4, -0.2) is 0 Å². The Morgan fingerprint density at radius 2 is 1.92 bits per heavy atom. The minimum atomic E-state index is 0.815. The molecule has 0 aromatic heterocycles. The summed E-state index contributed by atoms with van der Waals surface area (Å²) in [5.41, 5.74) is 1.66. The van der Waals surface area contributed by atoms with Gasteiger partial charge in [-0.1, -0.05) is 52.2 Å². The summed E-state index contributed by atoms with van der Waals surface area (Å²) in [7, 11) is 0. The van der Waals surface area contributed by atoms with Gasteiger partial charge in [-0.15, -0.1) is 0 Å². The number of hydrogen-bond acceptors (Lipinski definition) is 0. The van der Waals surface area contributed by atoms with Crippen molar-refractivity contribution in [2.24, 2.45) is 5.92 Å². The highest BCUT2D eigenvalue weighted by Crippen LogP contribution is 2.20. The molecule has 0 rings (SSSR count). The number of hydrogen-bond donors (Lipinski definition) is 0. The third-order valence-electron chi connectivity index (χ3n) is 2.50. The van der Waals surface area contributed by atoms with Crippen LogP contribution in [0.1, 0.15) is 59.8 Å². The summed E-state index contributed by atoms with van der Waals surface area (Å²) in [6, 6.07) is 0. The van der Waals surface area contributed by atoms with Gasteiger partial charge in [0.15, 0.2) is 0 Å². The molecule has 0 fully saturated rings. The van der Waals surface area contributed by atoms with Gasteiger partial charge in [-0.05, 0) is 25.2 Å². The second-order valence-electron chi connectivity index (χ2n) is 3.58. The van der Waals surface area contributed by atoms with E-state index in [2.05, 4.69) is 33.8 Å². The molecule has 0 heterocycles. The average molecular weight is 168 g/mol. The van der Waals surface area contributed by atoms with Crippen LogP contribution in [-0.2, 0) is 0 Å². The van der Waals surface area contributed by atoms with Crippen LogP contribution in [0, 0.1) is 5.92 Å². The summed E-state index contributed by atoms with van der Waals surface area (Å²) in [4.78, 5) is 0. The summed E-state index contributed by atoms with van der Waals surface area (Å²) in [5.74, 6) is 0.815. The molecule has 0 aromatic carbocycles. The predicted molar refractivity (Wildman–Crippen MR) is 57.4 cm³/mol. The first kappa shape index (κ1) is 11.7. The van der Waals surface area contributed by atoms with E-state index >= 15 is 0 Å². The van der Waals surface area contributed by atoms with Crippen LogP contribution in [0.2, 0.25) is 0 Å². The number of rotatable bonds is 6. The lowest BCUT2D eigenvalue weighted by Crippen LogP contribution is -1.98. The van der Waals surface area contributed by atoms with Crippen molar-refractivity contribution in [1.29, 1.82) is 0 Å². The maximum Gasteiger partial charge on any atom is -0.0232 e. The Hall–Kier alpha value is -0.260. The Balaban J connectivity index is 3.85. The lowest BCUT2D eigenvalue weighted by molar-refractivity contribution is 0.557. The fraction of sp³-hybridized carbons (Fsp3) is 0.833. The van der Waals surface area contributed by atoms with Gasteiger partial charge >= 0.3 is 0 Å². The van der Waals surface area contributed by atoms with E-state index in [0.29, 0.717) is 0 Å². The van der Waals surface area contributed by atoms with Crippen molar-refractivity contribution < 1.29 is 0 Å². The number of allylic oxidation sites excluding steroid dienone is 2. The molecule has 0 amide bonds. The molecule has 0 radical (unpaired) electrons. The van der Waals surface area contributed by atoms with E-state index in [1.807, 2.05) is 0 Å². The van der Waals surface area contributed by atoms with Crippen molar-refractivity contribution in [2.45, 2.75) is 59.8 Å². The zero-order valence-electron chi connectivity index (χ0n) is 9.19. The monoisotopic (exact) mass is 168 g/mol. The van der Waals surface area contributed by atoms with Crippen LogP contribution >= 0.6 is 0 Å². The van der Waals surface area contributed by atoms with Gasteiger partial charge in [0.1, 0.15) is 0 Å². The quantitative estimate of drug-likeness (QED) is 0.510. The summed E-state index contributed by atoms with van der Waals surface area (Å²) in [6.45, 7) is 9.12.